The Morgan fingerprint density at radius 1 is 1.06 bits per heavy atom. The van der Waals surface area contributed by atoms with Crippen LogP contribution in [-0.4, -0.2) is 15.8 Å². The van der Waals surface area contributed by atoms with Crippen LogP contribution in [0.15, 0.2) is 76.1 Å². The summed E-state index contributed by atoms with van der Waals surface area (Å²) in [6.07, 6.45) is 1.53. The summed E-state index contributed by atoms with van der Waals surface area (Å²) in [4.78, 5) is 43.3. The summed E-state index contributed by atoms with van der Waals surface area (Å²) in [6, 6.07) is 15.2. The molecule has 2 aromatic carbocycles. The van der Waals surface area contributed by atoms with Gasteiger partial charge in [0.15, 0.2) is 5.43 Å². The first-order chi connectivity index (χ1) is 15.0. The molecule has 1 aliphatic heterocycles. The van der Waals surface area contributed by atoms with Crippen LogP contribution < -0.4 is 10.3 Å². The van der Waals surface area contributed by atoms with Gasteiger partial charge in [-0.2, -0.15) is 0 Å². The fourth-order valence-corrected chi connectivity index (χ4v) is 3.94. The highest BCUT2D eigenvalue weighted by molar-refractivity contribution is 6.10. The maximum Gasteiger partial charge on any atom is 0.296 e. The van der Waals surface area contributed by atoms with Gasteiger partial charge in [-0.25, -0.2) is 4.98 Å². The van der Waals surface area contributed by atoms with E-state index in [1.54, 1.807) is 42.5 Å². The van der Waals surface area contributed by atoms with E-state index in [0.717, 1.165) is 5.56 Å². The Morgan fingerprint density at radius 3 is 2.65 bits per heavy atom. The first-order valence-corrected chi connectivity index (χ1v) is 9.52. The van der Waals surface area contributed by atoms with Gasteiger partial charge in [-0.3, -0.25) is 24.6 Å². The summed E-state index contributed by atoms with van der Waals surface area (Å²) >= 11 is 0. The second-order valence-corrected chi connectivity index (χ2v) is 7.29. The van der Waals surface area contributed by atoms with Crippen LogP contribution >= 0.6 is 0 Å². The van der Waals surface area contributed by atoms with Crippen LogP contribution in [0.3, 0.4) is 0 Å². The fourth-order valence-electron chi connectivity index (χ4n) is 3.94. The van der Waals surface area contributed by atoms with E-state index < -0.39 is 16.9 Å². The van der Waals surface area contributed by atoms with Crippen LogP contribution in [0.25, 0.3) is 11.0 Å². The number of hydrogen-bond donors (Lipinski definition) is 0. The van der Waals surface area contributed by atoms with Crippen molar-refractivity contribution in [1.82, 2.24) is 4.98 Å². The van der Waals surface area contributed by atoms with E-state index in [1.807, 2.05) is 6.92 Å². The van der Waals surface area contributed by atoms with Crippen molar-refractivity contribution < 1.29 is 14.1 Å². The molecule has 0 fully saturated rings. The van der Waals surface area contributed by atoms with Gasteiger partial charge in [-0.1, -0.05) is 29.8 Å². The number of aryl methyl sites for hydroxylation is 1. The summed E-state index contributed by atoms with van der Waals surface area (Å²) in [5.41, 5.74) is 1.27. The van der Waals surface area contributed by atoms with Crippen molar-refractivity contribution in [1.29, 1.82) is 0 Å². The monoisotopic (exact) mass is 413 g/mol. The number of fused-ring (bicyclic) bond motifs is 2. The molecule has 1 atom stereocenters. The SMILES string of the molecule is Cc1ccc2oc3c(c(=O)c2c1)C(c1cccc([N+](=O)[O-])c1)N(c1ccccn1)C3=O. The number of rotatable bonds is 3. The molecule has 8 nitrogen and oxygen atoms in total. The van der Waals surface area contributed by atoms with Crippen molar-refractivity contribution in [2.24, 2.45) is 0 Å². The molecule has 2 aromatic heterocycles. The number of hydrogen-bond acceptors (Lipinski definition) is 6. The van der Waals surface area contributed by atoms with Crippen molar-refractivity contribution >= 4 is 28.4 Å². The molecular formula is C23H15N3O5. The highest BCUT2D eigenvalue weighted by Gasteiger charge is 2.44. The number of benzene rings is 2. The minimum absolute atomic E-state index is 0.0801. The van der Waals surface area contributed by atoms with Crippen molar-refractivity contribution in [3.63, 3.8) is 0 Å². The van der Waals surface area contributed by atoms with Gasteiger partial charge >= 0.3 is 0 Å². The summed E-state index contributed by atoms with van der Waals surface area (Å²) in [7, 11) is 0. The zero-order valence-electron chi connectivity index (χ0n) is 16.3. The molecule has 5 rings (SSSR count). The minimum Gasteiger partial charge on any atom is -0.450 e. The van der Waals surface area contributed by atoms with E-state index in [2.05, 4.69) is 4.98 Å². The molecule has 3 heterocycles. The Kier molecular flexibility index (Phi) is 4.14. The van der Waals surface area contributed by atoms with E-state index in [1.165, 1.54) is 29.3 Å². The third-order valence-corrected chi connectivity index (χ3v) is 5.32. The van der Waals surface area contributed by atoms with Crippen LogP contribution in [0.5, 0.6) is 0 Å². The van der Waals surface area contributed by atoms with E-state index in [9.17, 15) is 19.7 Å². The average molecular weight is 413 g/mol. The maximum absolute atomic E-state index is 13.5. The summed E-state index contributed by atoms with van der Waals surface area (Å²) in [5, 5.41) is 11.7. The Labute approximate surface area is 175 Å². The van der Waals surface area contributed by atoms with E-state index in [4.69, 9.17) is 4.42 Å². The van der Waals surface area contributed by atoms with E-state index >= 15 is 0 Å². The molecule has 31 heavy (non-hydrogen) atoms. The van der Waals surface area contributed by atoms with Crippen LogP contribution in [-0.2, 0) is 0 Å². The smallest absolute Gasteiger partial charge is 0.296 e. The number of carbonyl (C=O) groups excluding carboxylic acids is 1. The number of anilines is 1. The molecule has 1 unspecified atom stereocenters. The van der Waals surface area contributed by atoms with E-state index in [-0.39, 0.29) is 22.4 Å². The summed E-state index contributed by atoms with van der Waals surface area (Å²) in [6.45, 7) is 1.86. The Morgan fingerprint density at radius 2 is 1.90 bits per heavy atom. The lowest BCUT2D eigenvalue weighted by atomic mass is 9.97. The third kappa shape index (κ3) is 2.88. The van der Waals surface area contributed by atoms with Gasteiger partial charge < -0.3 is 4.42 Å². The third-order valence-electron chi connectivity index (χ3n) is 5.32. The molecule has 0 N–H and O–H groups in total. The number of nitrogens with zero attached hydrogens (tertiary/aromatic N) is 3. The van der Waals surface area contributed by atoms with Crippen LogP contribution in [0.2, 0.25) is 0 Å². The van der Waals surface area contributed by atoms with Crippen molar-refractivity contribution in [3.05, 3.63) is 110 Å². The lowest BCUT2D eigenvalue weighted by Crippen LogP contribution is -2.30. The molecule has 0 saturated carbocycles. The van der Waals surface area contributed by atoms with E-state index in [0.29, 0.717) is 22.4 Å². The Balaban J connectivity index is 1.83. The highest BCUT2D eigenvalue weighted by Crippen LogP contribution is 2.41. The van der Waals surface area contributed by atoms with Crippen molar-refractivity contribution in [2.45, 2.75) is 13.0 Å². The first kappa shape index (κ1) is 18.7. The second-order valence-electron chi connectivity index (χ2n) is 7.29. The average Bonchev–Trinajstić information content (AvgIpc) is 3.07. The highest BCUT2D eigenvalue weighted by atomic mass is 16.6. The van der Waals surface area contributed by atoms with Gasteiger partial charge in [0.05, 0.1) is 21.9 Å². The molecule has 0 radical (unpaired) electrons. The number of aromatic nitrogens is 1. The molecule has 1 aliphatic rings. The van der Waals surface area contributed by atoms with Crippen molar-refractivity contribution in [2.75, 3.05) is 4.90 Å². The number of nitro groups is 1. The lowest BCUT2D eigenvalue weighted by molar-refractivity contribution is -0.384. The second kappa shape index (κ2) is 6.88. The van der Waals surface area contributed by atoms with Crippen LogP contribution in [0.4, 0.5) is 11.5 Å². The molecule has 0 bridgehead atoms. The predicted octanol–water partition coefficient (Wildman–Crippen LogP) is 4.15. The summed E-state index contributed by atoms with van der Waals surface area (Å²) < 4.78 is 5.88. The van der Waals surface area contributed by atoms with Gasteiger partial charge in [0.2, 0.25) is 5.76 Å². The molecule has 152 valence electrons. The number of amides is 1. The van der Waals surface area contributed by atoms with Crippen LogP contribution in [0.1, 0.15) is 33.3 Å². The van der Waals surface area contributed by atoms with Gasteiger partial charge in [0.1, 0.15) is 11.4 Å². The number of nitro benzene ring substituents is 1. The predicted molar refractivity (Wildman–Crippen MR) is 113 cm³/mol. The molecule has 1 amide bonds. The summed E-state index contributed by atoms with van der Waals surface area (Å²) in [5.74, 6) is -0.289. The zero-order chi connectivity index (χ0) is 21.7. The molecule has 0 aliphatic carbocycles. The van der Waals surface area contributed by atoms with Gasteiger partial charge in [-0.05, 0) is 36.8 Å². The van der Waals surface area contributed by atoms with Crippen molar-refractivity contribution in [3.8, 4) is 0 Å². The van der Waals surface area contributed by atoms with Gasteiger partial charge in [0.25, 0.3) is 11.6 Å². The lowest BCUT2D eigenvalue weighted by Gasteiger charge is -2.23. The number of carbonyl (C=O) groups is 1. The number of non-ortho nitro benzene ring substituents is 1. The molecule has 4 aromatic rings. The van der Waals surface area contributed by atoms with Gasteiger partial charge in [0, 0.05) is 18.3 Å². The molecule has 0 saturated heterocycles. The minimum atomic E-state index is -0.904. The molecular weight excluding hydrogens is 398 g/mol. The maximum atomic E-state index is 13.5. The Hall–Kier alpha value is -4.33. The normalized spacial score (nSPS) is 15.3. The topological polar surface area (TPSA) is 107 Å². The Bertz CT molecular complexity index is 1430. The zero-order valence-corrected chi connectivity index (χ0v) is 16.3. The largest absolute Gasteiger partial charge is 0.450 e. The fraction of sp³-hybridized carbons (Fsp3) is 0.0870. The number of pyridine rings is 1. The van der Waals surface area contributed by atoms with Crippen LogP contribution in [0, 0.1) is 17.0 Å². The first-order valence-electron chi connectivity index (χ1n) is 9.52. The molecule has 8 heteroatoms. The standard InChI is InChI=1S/C23H15N3O5/c1-13-8-9-17-16(11-13)21(27)19-20(14-5-4-6-15(12-14)26(29)30)25(23(28)22(19)31-17)18-7-2-3-10-24-18/h2-12,20H,1H3. The molecule has 0 spiro atoms. The van der Waals surface area contributed by atoms with Gasteiger partial charge in [-0.15, -0.1) is 0 Å². The quantitative estimate of drug-likeness (QED) is 0.369.